The van der Waals surface area contributed by atoms with Crippen LogP contribution in [0.4, 0.5) is 0 Å². The van der Waals surface area contributed by atoms with Crippen molar-refractivity contribution >= 4 is 24.0 Å². The summed E-state index contributed by atoms with van der Waals surface area (Å²) in [5.41, 5.74) is 6.07. The number of hydrogen-bond acceptors (Lipinski definition) is 3. The highest BCUT2D eigenvalue weighted by Gasteiger charge is 2.37. The van der Waals surface area contributed by atoms with Crippen molar-refractivity contribution in [2.24, 2.45) is 0 Å². The van der Waals surface area contributed by atoms with Gasteiger partial charge in [0.1, 0.15) is 11.5 Å². The average molecular weight is 505 g/mol. The minimum atomic E-state index is -0.404. The van der Waals surface area contributed by atoms with E-state index in [1.54, 1.807) is 0 Å². The largest absolute Gasteiger partial charge is 0.496 e. The van der Waals surface area contributed by atoms with Crippen molar-refractivity contribution in [1.29, 1.82) is 0 Å². The standard InChI is InChI=1S/C32H41O3P/c1-22-17-18-26-23(21-33)11-10-16-27(26)30(22)28-19-20-29(34-2)32(31(28)35-3)36(24-12-6-4-7-13-24)25-14-8-5-9-15-25/h10-11,16-20,24-25,33H,4-9,12-15,21H2,1-3H3. The highest BCUT2D eigenvalue weighted by molar-refractivity contribution is 7.67. The molecule has 5 rings (SSSR count). The van der Waals surface area contributed by atoms with E-state index in [1.807, 2.05) is 20.3 Å². The number of aryl methyl sites for hydroxylation is 1. The Kier molecular flexibility index (Phi) is 8.18. The van der Waals surface area contributed by atoms with Crippen molar-refractivity contribution in [1.82, 2.24) is 0 Å². The van der Waals surface area contributed by atoms with Crippen LogP contribution in [-0.2, 0) is 6.61 Å². The van der Waals surface area contributed by atoms with Gasteiger partial charge in [-0.25, -0.2) is 0 Å². The molecule has 2 fully saturated rings. The van der Waals surface area contributed by atoms with E-state index < -0.39 is 7.92 Å². The maximum atomic E-state index is 10.0. The predicted octanol–water partition coefficient (Wildman–Crippen LogP) is 8.10. The van der Waals surface area contributed by atoms with Gasteiger partial charge in [0.15, 0.2) is 0 Å². The summed E-state index contributed by atoms with van der Waals surface area (Å²) in [5, 5.41) is 13.7. The maximum absolute atomic E-state index is 10.0. The lowest BCUT2D eigenvalue weighted by Gasteiger charge is -2.40. The fourth-order valence-electron chi connectivity index (χ4n) is 6.77. The molecule has 4 heteroatoms. The molecule has 3 aromatic carbocycles. The third kappa shape index (κ3) is 4.77. The molecule has 2 aliphatic carbocycles. The topological polar surface area (TPSA) is 38.7 Å². The van der Waals surface area contributed by atoms with E-state index in [0.717, 1.165) is 39.3 Å². The predicted molar refractivity (Wildman–Crippen MR) is 153 cm³/mol. The van der Waals surface area contributed by atoms with Crippen molar-refractivity contribution in [3.05, 3.63) is 53.6 Å². The summed E-state index contributed by atoms with van der Waals surface area (Å²) in [6.07, 6.45) is 13.5. The first-order valence-corrected chi connectivity index (χ1v) is 15.3. The number of aliphatic hydroxyl groups excluding tert-OH is 1. The van der Waals surface area contributed by atoms with Gasteiger partial charge >= 0.3 is 0 Å². The number of benzene rings is 3. The smallest absolute Gasteiger partial charge is 0.138 e. The zero-order chi connectivity index (χ0) is 25.1. The first kappa shape index (κ1) is 25.6. The van der Waals surface area contributed by atoms with Crippen LogP contribution >= 0.6 is 7.92 Å². The molecule has 0 radical (unpaired) electrons. The molecule has 192 valence electrons. The molecule has 0 aromatic heterocycles. The van der Waals surface area contributed by atoms with Crippen molar-refractivity contribution < 1.29 is 14.6 Å². The molecule has 2 saturated carbocycles. The molecule has 3 nitrogen and oxygen atoms in total. The number of aliphatic hydroxyl groups is 1. The number of ether oxygens (including phenoxy) is 2. The fraction of sp³-hybridized carbons (Fsp3) is 0.500. The Morgan fingerprint density at radius 1 is 0.778 bits per heavy atom. The molecular formula is C32H41O3P. The second-order valence-electron chi connectivity index (χ2n) is 10.6. The van der Waals surface area contributed by atoms with E-state index in [0.29, 0.717) is 0 Å². The third-order valence-electron chi connectivity index (χ3n) is 8.51. The lowest BCUT2D eigenvalue weighted by Crippen LogP contribution is -2.28. The number of hydrogen-bond donors (Lipinski definition) is 1. The van der Waals surface area contributed by atoms with Crippen LogP contribution in [0.2, 0.25) is 0 Å². The number of rotatable bonds is 7. The summed E-state index contributed by atoms with van der Waals surface area (Å²) in [4.78, 5) is 0. The van der Waals surface area contributed by atoms with Gasteiger partial charge in [0.2, 0.25) is 0 Å². The summed E-state index contributed by atoms with van der Waals surface area (Å²) in [6.45, 7) is 2.23. The van der Waals surface area contributed by atoms with Crippen molar-refractivity contribution in [2.45, 2.75) is 89.1 Å². The summed E-state index contributed by atoms with van der Waals surface area (Å²) < 4.78 is 12.5. The first-order valence-electron chi connectivity index (χ1n) is 13.8. The van der Waals surface area contributed by atoms with Crippen LogP contribution in [0.1, 0.15) is 75.3 Å². The van der Waals surface area contributed by atoms with E-state index in [2.05, 4.69) is 43.3 Å². The van der Waals surface area contributed by atoms with Crippen LogP contribution in [0.15, 0.2) is 42.5 Å². The minimum Gasteiger partial charge on any atom is -0.496 e. The molecule has 1 N–H and O–H groups in total. The van der Waals surface area contributed by atoms with Crippen LogP contribution in [0.5, 0.6) is 11.5 Å². The SMILES string of the molecule is COc1ccc(-c2c(C)ccc3c(CO)cccc23)c(OC)c1P(C1CCCCC1)C1CCCCC1. The van der Waals surface area contributed by atoms with Crippen molar-refractivity contribution in [2.75, 3.05) is 14.2 Å². The highest BCUT2D eigenvalue weighted by Crippen LogP contribution is 2.59. The van der Waals surface area contributed by atoms with Crippen molar-refractivity contribution in [3.63, 3.8) is 0 Å². The van der Waals surface area contributed by atoms with E-state index >= 15 is 0 Å². The Labute approximate surface area is 218 Å². The zero-order valence-corrected chi connectivity index (χ0v) is 23.1. The minimum absolute atomic E-state index is 0.0412. The van der Waals surface area contributed by atoms with Crippen molar-refractivity contribution in [3.8, 4) is 22.6 Å². The van der Waals surface area contributed by atoms with Gasteiger partial charge in [0, 0.05) is 5.56 Å². The average Bonchev–Trinajstić information content (AvgIpc) is 2.93. The van der Waals surface area contributed by atoms with E-state index in [9.17, 15) is 5.11 Å². The second kappa shape index (κ2) is 11.5. The molecule has 3 aromatic rings. The Balaban J connectivity index is 1.75. The summed E-state index contributed by atoms with van der Waals surface area (Å²) in [7, 11) is 3.26. The molecule has 0 atom stereocenters. The molecule has 0 saturated heterocycles. The van der Waals surface area contributed by atoms with Crippen LogP contribution in [-0.4, -0.2) is 30.6 Å². The number of fused-ring (bicyclic) bond motifs is 1. The van der Waals surface area contributed by atoms with E-state index in [-0.39, 0.29) is 6.61 Å². The van der Waals surface area contributed by atoms with Gasteiger partial charge in [-0.3, -0.25) is 0 Å². The summed E-state index contributed by atoms with van der Waals surface area (Å²) >= 11 is 0. The van der Waals surface area contributed by atoms with Gasteiger partial charge in [0.05, 0.1) is 26.1 Å². The van der Waals surface area contributed by atoms with Gasteiger partial charge in [-0.05, 0) is 83.5 Å². The Morgan fingerprint density at radius 3 is 2.03 bits per heavy atom. The zero-order valence-electron chi connectivity index (χ0n) is 22.2. The monoisotopic (exact) mass is 504 g/mol. The molecule has 0 unspecified atom stereocenters. The molecular weight excluding hydrogens is 463 g/mol. The molecule has 0 bridgehead atoms. The van der Waals surface area contributed by atoms with Crippen LogP contribution in [0, 0.1) is 6.92 Å². The molecule has 0 spiro atoms. The van der Waals surface area contributed by atoms with E-state index in [1.165, 1.54) is 86.0 Å². The lowest BCUT2D eigenvalue weighted by atomic mass is 9.91. The third-order valence-corrected chi connectivity index (χ3v) is 12.1. The van der Waals surface area contributed by atoms with Gasteiger partial charge < -0.3 is 14.6 Å². The molecule has 0 aliphatic heterocycles. The Morgan fingerprint density at radius 2 is 1.44 bits per heavy atom. The molecule has 0 heterocycles. The molecule has 36 heavy (non-hydrogen) atoms. The van der Waals surface area contributed by atoms with Gasteiger partial charge in [-0.15, -0.1) is 0 Å². The lowest BCUT2D eigenvalue weighted by molar-refractivity contribution is 0.283. The molecule has 0 amide bonds. The van der Waals surface area contributed by atoms with Crippen LogP contribution in [0.25, 0.3) is 21.9 Å². The Hall–Kier alpha value is -2.09. The maximum Gasteiger partial charge on any atom is 0.138 e. The van der Waals surface area contributed by atoms with Gasteiger partial charge in [-0.2, -0.15) is 0 Å². The fourth-order valence-corrected chi connectivity index (χ4v) is 10.8. The van der Waals surface area contributed by atoms with E-state index in [4.69, 9.17) is 9.47 Å². The van der Waals surface area contributed by atoms with Gasteiger partial charge in [-0.1, -0.05) is 76.8 Å². The first-order chi connectivity index (χ1) is 17.7. The normalized spacial score (nSPS) is 17.6. The molecule has 2 aliphatic rings. The second-order valence-corrected chi connectivity index (χ2v) is 13.3. The highest BCUT2D eigenvalue weighted by atomic mass is 31.1. The Bertz CT molecular complexity index is 1170. The number of methoxy groups -OCH3 is 2. The van der Waals surface area contributed by atoms with Gasteiger partial charge in [0.25, 0.3) is 0 Å². The van der Waals surface area contributed by atoms with Crippen LogP contribution < -0.4 is 14.8 Å². The summed E-state index contributed by atoms with van der Waals surface area (Å²) in [6, 6.07) is 15.0. The summed E-state index contributed by atoms with van der Waals surface area (Å²) in [5.74, 6) is 2.02. The quantitative estimate of drug-likeness (QED) is 0.330. The van der Waals surface area contributed by atoms with Crippen LogP contribution in [0.3, 0.4) is 0 Å².